The van der Waals surface area contributed by atoms with Crippen LogP contribution in [0.1, 0.15) is 11.1 Å². The lowest BCUT2D eigenvalue weighted by atomic mass is 10.1. The molecule has 1 amide bonds. The molecule has 1 aliphatic heterocycles. The first kappa shape index (κ1) is 14.4. The van der Waals surface area contributed by atoms with Crippen LogP contribution in [0.2, 0.25) is 0 Å². The van der Waals surface area contributed by atoms with E-state index in [2.05, 4.69) is 24.3 Å². The summed E-state index contributed by atoms with van der Waals surface area (Å²) in [7, 11) is 0. The molecule has 0 saturated carbocycles. The predicted molar refractivity (Wildman–Crippen MR) is 90.6 cm³/mol. The molecular formula is C17H16NOS2+. The summed E-state index contributed by atoms with van der Waals surface area (Å²) in [6.07, 6.45) is 0. The van der Waals surface area contributed by atoms with E-state index in [0.717, 1.165) is 15.4 Å². The van der Waals surface area contributed by atoms with Gasteiger partial charge in [-0.3, -0.25) is 0 Å². The number of amides is 1. The molecule has 0 radical (unpaired) electrons. The standard InChI is InChI=1S/C17H16NOS2/c19-16-13-21-17(20)18(16,11-14-7-3-1-4-8-14)12-15-9-5-2-6-10-15/h1-10H,11-13H2/q+1. The second-order valence-electron chi connectivity index (χ2n) is 5.20. The molecule has 0 aromatic heterocycles. The van der Waals surface area contributed by atoms with Crippen molar-refractivity contribution >= 4 is 34.2 Å². The maximum absolute atomic E-state index is 12.6. The first-order chi connectivity index (χ1) is 10.2. The summed E-state index contributed by atoms with van der Waals surface area (Å²) in [5.41, 5.74) is 2.29. The third-order valence-corrected chi connectivity index (χ3v) is 5.43. The molecule has 2 nitrogen and oxygen atoms in total. The normalized spacial score (nSPS) is 17.1. The minimum atomic E-state index is 0.206. The van der Waals surface area contributed by atoms with Crippen LogP contribution in [0.3, 0.4) is 0 Å². The monoisotopic (exact) mass is 314 g/mol. The predicted octanol–water partition coefficient (Wildman–Crippen LogP) is 3.76. The van der Waals surface area contributed by atoms with Gasteiger partial charge in [0.25, 0.3) is 0 Å². The van der Waals surface area contributed by atoms with Crippen molar-refractivity contribution in [2.45, 2.75) is 13.1 Å². The minimum Gasteiger partial charge on any atom is -0.229 e. The Morgan fingerprint density at radius 3 is 1.76 bits per heavy atom. The number of quaternary nitrogens is 1. The summed E-state index contributed by atoms with van der Waals surface area (Å²) >= 11 is 7.05. The largest absolute Gasteiger partial charge is 0.330 e. The zero-order valence-electron chi connectivity index (χ0n) is 11.6. The van der Waals surface area contributed by atoms with Crippen LogP contribution < -0.4 is 0 Å². The lowest BCUT2D eigenvalue weighted by Crippen LogP contribution is -2.50. The van der Waals surface area contributed by atoms with Crippen molar-refractivity contribution in [2.24, 2.45) is 0 Å². The lowest BCUT2D eigenvalue weighted by molar-refractivity contribution is -0.783. The molecule has 0 N–H and O–H groups in total. The first-order valence-electron chi connectivity index (χ1n) is 6.86. The van der Waals surface area contributed by atoms with Gasteiger partial charge in [0, 0.05) is 11.1 Å². The average Bonchev–Trinajstić information content (AvgIpc) is 2.78. The van der Waals surface area contributed by atoms with Crippen molar-refractivity contribution in [1.82, 2.24) is 0 Å². The van der Waals surface area contributed by atoms with Crippen LogP contribution in [0.4, 0.5) is 0 Å². The molecule has 0 bridgehead atoms. The molecule has 106 valence electrons. The molecule has 4 heteroatoms. The van der Waals surface area contributed by atoms with Gasteiger partial charge >= 0.3 is 5.91 Å². The van der Waals surface area contributed by atoms with E-state index < -0.39 is 0 Å². The first-order valence-corrected chi connectivity index (χ1v) is 8.26. The molecule has 1 fully saturated rings. The minimum absolute atomic E-state index is 0.206. The van der Waals surface area contributed by atoms with Crippen LogP contribution in [0.25, 0.3) is 0 Å². The fraction of sp³-hybridized carbons (Fsp3) is 0.176. The zero-order chi connectivity index (χ0) is 14.7. The van der Waals surface area contributed by atoms with Crippen LogP contribution in [0, 0.1) is 0 Å². The lowest BCUT2D eigenvalue weighted by Gasteiger charge is -2.30. The molecule has 1 heterocycles. The Morgan fingerprint density at radius 2 is 1.38 bits per heavy atom. The van der Waals surface area contributed by atoms with Crippen molar-refractivity contribution in [3.8, 4) is 0 Å². The zero-order valence-corrected chi connectivity index (χ0v) is 13.2. The van der Waals surface area contributed by atoms with Gasteiger partial charge in [-0.25, -0.2) is 9.28 Å². The maximum Gasteiger partial charge on any atom is 0.330 e. The van der Waals surface area contributed by atoms with E-state index >= 15 is 0 Å². The maximum atomic E-state index is 12.6. The number of rotatable bonds is 4. The van der Waals surface area contributed by atoms with E-state index in [-0.39, 0.29) is 10.4 Å². The van der Waals surface area contributed by atoms with Gasteiger partial charge in [-0.05, 0) is 24.0 Å². The number of benzene rings is 2. The number of hydrogen-bond acceptors (Lipinski definition) is 3. The molecule has 21 heavy (non-hydrogen) atoms. The van der Waals surface area contributed by atoms with Crippen molar-refractivity contribution in [2.75, 3.05) is 5.75 Å². The molecule has 0 unspecified atom stereocenters. The molecular weight excluding hydrogens is 298 g/mol. The number of hydrogen-bond donors (Lipinski definition) is 0. The third kappa shape index (κ3) is 2.93. The van der Waals surface area contributed by atoms with Crippen molar-refractivity contribution in [3.63, 3.8) is 0 Å². The van der Waals surface area contributed by atoms with Crippen LogP contribution in [0.5, 0.6) is 0 Å². The van der Waals surface area contributed by atoms with Gasteiger partial charge in [-0.15, -0.1) is 0 Å². The molecule has 0 spiro atoms. The van der Waals surface area contributed by atoms with Crippen LogP contribution >= 0.6 is 24.0 Å². The Morgan fingerprint density at radius 1 is 0.905 bits per heavy atom. The van der Waals surface area contributed by atoms with Crippen molar-refractivity contribution in [1.29, 1.82) is 0 Å². The number of nitrogens with zero attached hydrogens (tertiary/aromatic N) is 1. The Kier molecular flexibility index (Phi) is 4.19. The summed E-state index contributed by atoms with van der Waals surface area (Å²) in [6, 6.07) is 20.2. The molecule has 1 saturated heterocycles. The van der Waals surface area contributed by atoms with Gasteiger partial charge in [-0.2, -0.15) is 0 Å². The molecule has 0 atom stereocenters. The summed E-state index contributed by atoms with van der Waals surface area (Å²) in [5.74, 6) is 0.691. The van der Waals surface area contributed by atoms with Gasteiger partial charge in [0.2, 0.25) is 4.32 Å². The molecule has 2 aromatic carbocycles. The Hall–Kier alpha value is -1.49. The average molecular weight is 314 g/mol. The summed E-state index contributed by atoms with van der Waals surface area (Å²) < 4.78 is 1.04. The SMILES string of the molecule is O=C1CSC(=S)[N+]1(Cc1ccccc1)Cc1ccccc1. The second kappa shape index (κ2) is 6.10. The van der Waals surface area contributed by atoms with Crippen molar-refractivity contribution in [3.05, 3.63) is 71.8 Å². The highest BCUT2D eigenvalue weighted by Gasteiger charge is 2.47. The van der Waals surface area contributed by atoms with Gasteiger partial charge in [-0.1, -0.05) is 60.7 Å². The van der Waals surface area contributed by atoms with Crippen LogP contribution in [-0.2, 0) is 17.9 Å². The van der Waals surface area contributed by atoms with E-state index in [1.807, 2.05) is 36.4 Å². The third-order valence-electron chi connectivity index (χ3n) is 3.74. The van der Waals surface area contributed by atoms with E-state index in [4.69, 9.17) is 12.2 Å². The second-order valence-corrected chi connectivity index (χ2v) is 6.81. The molecule has 3 rings (SSSR count). The molecule has 0 aliphatic carbocycles. The summed E-state index contributed by atoms with van der Waals surface area (Å²) in [4.78, 5) is 12.6. The highest BCUT2D eigenvalue weighted by Crippen LogP contribution is 2.33. The topological polar surface area (TPSA) is 17.1 Å². The van der Waals surface area contributed by atoms with Crippen LogP contribution in [0.15, 0.2) is 60.7 Å². The molecule has 1 aliphatic rings. The Labute approximate surface area is 134 Å². The highest BCUT2D eigenvalue weighted by molar-refractivity contribution is 8.23. The quantitative estimate of drug-likeness (QED) is 0.632. The fourth-order valence-electron chi connectivity index (χ4n) is 2.62. The smallest absolute Gasteiger partial charge is 0.229 e. The van der Waals surface area contributed by atoms with E-state index in [0.29, 0.717) is 18.8 Å². The fourth-order valence-corrected chi connectivity index (χ4v) is 4.00. The highest BCUT2D eigenvalue weighted by atomic mass is 32.2. The number of carbonyl (C=O) groups is 1. The number of carbonyl (C=O) groups excluding carboxylic acids is 1. The van der Waals surface area contributed by atoms with E-state index in [1.165, 1.54) is 11.8 Å². The molecule has 2 aromatic rings. The summed E-state index contributed by atoms with van der Waals surface area (Å²) in [6.45, 7) is 1.28. The van der Waals surface area contributed by atoms with E-state index in [1.54, 1.807) is 0 Å². The van der Waals surface area contributed by atoms with Gasteiger partial charge in [0.15, 0.2) is 0 Å². The van der Waals surface area contributed by atoms with Crippen LogP contribution in [-0.4, -0.2) is 20.5 Å². The summed E-state index contributed by atoms with van der Waals surface area (Å²) in [5, 5.41) is 0. The number of thioether (sulfide) groups is 1. The number of thiocarbonyl (C=S) groups is 1. The Balaban J connectivity index is 1.96. The Bertz CT molecular complexity index is 596. The van der Waals surface area contributed by atoms with Gasteiger partial charge < -0.3 is 0 Å². The van der Waals surface area contributed by atoms with Gasteiger partial charge in [0.1, 0.15) is 18.8 Å². The van der Waals surface area contributed by atoms with Gasteiger partial charge in [0.05, 0.1) is 0 Å². The van der Waals surface area contributed by atoms with Crippen molar-refractivity contribution < 1.29 is 9.28 Å². The van der Waals surface area contributed by atoms with E-state index in [9.17, 15) is 4.79 Å².